The van der Waals surface area contributed by atoms with Crippen LogP contribution >= 0.6 is 0 Å². The average Bonchev–Trinajstić information content (AvgIpc) is 0. The Hall–Kier alpha value is 0.424. The molecule has 5 heteroatoms. The van der Waals surface area contributed by atoms with Crippen LogP contribution in [0.25, 0.3) is 0 Å². The first-order valence-corrected chi connectivity index (χ1v) is 0. The van der Waals surface area contributed by atoms with Gasteiger partial charge in [0, 0.05) is 18.6 Å². The van der Waals surface area contributed by atoms with Crippen LogP contribution < -0.4 is 0 Å². The molecule has 0 bridgehead atoms. The zero-order valence-electron chi connectivity index (χ0n) is 2.29. The van der Waals surface area contributed by atoms with Crippen molar-refractivity contribution in [1.29, 1.82) is 0 Å². The first-order chi connectivity index (χ1) is 0. The molecule has 4 nitrogen and oxygen atoms in total. The van der Waals surface area contributed by atoms with Crippen LogP contribution in [0.1, 0.15) is 0 Å². The van der Waals surface area contributed by atoms with E-state index in [1.165, 1.54) is 0 Å². The van der Waals surface area contributed by atoms with Gasteiger partial charge in [0.2, 0.25) is 0 Å². The Morgan fingerprint density at radius 3 is 0.600 bits per heavy atom. The van der Waals surface area contributed by atoms with Crippen molar-refractivity contribution in [3.05, 3.63) is 0 Å². The van der Waals surface area contributed by atoms with Gasteiger partial charge in [-0.1, -0.05) is 0 Å². The first-order valence-electron chi connectivity index (χ1n) is 0. The molecule has 5 N–H and O–H groups in total. The third-order valence-corrected chi connectivity index (χ3v) is 0. The molecular weight excluding hydrogens is 115 g/mol. The van der Waals surface area contributed by atoms with Gasteiger partial charge in [0.05, 0.1) is 0 Å². The summed E-state index contributed by atoms with van der Waals surface area (Å²) >= 11 is 0. The molecule has 0 fully saturated rings. The summed E-state index contributed by atoms with van der Waals surface area (Å²) in [6.07, 6.45) is 0. The molecule has 0 aliphatic carbocycles. The molecule has 0 rings (SSSR count). The van der Waals surface area contributed by atoms with Crippen molar-refractivity contribution >= 4 is 0 Å². The topological polar surface area (TPSA) is 122 Å². The summed E-state index contributed by atoms with van der Waals surface area (Å²) in [5.74, 6) is 0. The third kappa shape index (κ3) is 144. The van der Waals surface area contributed by atoms with Crippen molar-refractivity contribution in [2.75, 3.05) is 0 Å². The van der Waals surface area contributed by atoms with E-state index in [1.54, 1.807) is 0 Å². The minimum atomic E-state index is 0. The van der Waals surface area contributed by atoms with Crippen molar-refractivity contribution < 1.29 is 40.5 Å². The van der Waals surface area contributed by atoms with Crippen LogP contribution in [0, 0.1) is 0 Å². The fourth-order valence-electron chi connectivity index (χ4n) is 0. The standard InChI is InChI=1S/4H2O.V/h4*1H2;/p-3. The summed E-state index contributed by atoms with van der Waals surface area (Å²) in [4.78, 5) is 0. The molecule has 0 aromatic rings. The minimum Gasteiger partial charge on any atom is -0.870 e. The molecule has 0 atom stereocenters. The van der Waals surface area contributed by atoms with E-state index in [9.17, 15) is 0 Å². The quantitative estimate of drug-likeness (QED) is 0.392. The van der Waals surface area contributed by atoms with Crippen LogP contribution in [0.5, 0.6) is 0 Å². The summed E-state index contributed by atoms with van der Waals surface area (Å²) in [5, 5.41) is 0. The molecule has 0 saturated heterocycles. The predicted octanol–water partition coefficient (Wildman–Crippen LogP) is -1.36. The Morgan fingerprint density at radius 2 is 0.600 bits per heavy atom. The molecule has 1 radical (unpaired) electrons. The number of rotatable bonds is 0. The number of hydrogen-bond donors (Lipinski definition) is 0. The predicted molar refractivity (Wildman–Crippen MR) is 9.42 cm³/mol. The number of hydrogen-bond acceptors (Lipinski definition) is 3. The van der Waals surface area contributed by atoms with Gasteiger partial charge in [-0.05, 0) is 0 Å². The van der Waals surface area contributed by atoms with E-state index in [4.69, 9.17) is 0 Å². The Labute approximate surface area is 41.3 Å². The second-order valence-electron chi connectivity index (χ2n) is 0. The molecule has 0 spiro atoms. The van der Waals surface area contributed by atoms with Gasteiger partial charge in [-0.3, -0.25) is 0 Å². The average molecular weight is 120 g/mol. The van der Waals surface area contributed by atoms with Crippen LogP contribution in [-0.2, 0) is 18.6 Å². The van der Waals surface area contributed by atoms with Gasteiger partial charge in [-0.25, -0.2) is 0 Å². The van der Waals surface area contributed by atoms with E-state index in [0.717, 1.165) is 0 Å². The molecule has 0 aliphatic rings. The Balaban J connectivity index is 0. The molecule has 0 aliphatic heterocycles. The summed E-state index contributed by atoms with van der Waals surface area (Å²) in [5.41, 5.74) is 0. The van der Waals surface area contributed by atoms with E-state index in [0.29, 0.717) is 0 Å². The summed E-state index contributed by atoms with van der Waals surface area (Å²) in [6.45, 7) is 0. The van der Waals surface area contributed by atoms with Crippen molar-refractivity contribution in [1.82, 2.24) is 0 Å². The van der Waals surface area contributed by atoms with Gasteiger partial charge in [-0.15, -0.1) is 0 Å². The maximum Gasteiger partial charge on any atom is 0 e. The van der Waals surface area contributed by atoms with Gasteiger partial charge in [0.1, 0.15) is 0 Å². The van der Waals surface area contributed by atoms with Crippen molar-refractivity contribution in [3.8, 4) is 0 Å². The fourth-order valence-corrected chi connectivity index (χ4v) is 0. The second-order valence-corrected chi connectivity index (χ2v) is 0. The van der Waals surface area contributed by atoms with Crippen LogP contribution in [0.4, 0.5) is 0 Å². The monoisotopic (exact) mass is 120 g/mol. The van der Waals surface area contributed by atoms with E-state index >= 15 is 0 Å². The van der Waals surface area contributed by atoms with Crippen molar-refractivity contribution in [2.24, 2.45) is 0 Å². The Morgan fingerprint density at radius 1 is 0.600 bits per heavy atom. The zero-order chi connectivity index (χ0) is 0. The van der Waals surface area contributed by atoms with E-state index in [1.807, 2.05) is 0 Å². The summed E-state index contributed by atoms with van der Waals surface area (Å²) < 4.78 is 0. The second kappa shape index (κ2) is 288. The molecule has 0 saturated carbocycles. The van der Waals surface area contributed by atoms with Crippen LogP contribution in [-0.4, -0.2) is 21.9 Å². The van der Waals surface area contributed by atoms with E-state index in [2.05, 4.69) is 0 Å². The zero-order valence-corrected chi connectivity index (χ0v) is 3.69. The Kier molecular flexibility index (Phi) is 34000. The summed E-state index contributed by atoms with van der Waals surface area (Å²) in [7, 11) is 0. The molecule has 0 aromatic heterocycles. The molecule has 0 aromatic carbocycles. The first kappa shape index (κ1) is 589. The minimum absolute atomic E-state index is 0. The normalized spacial score (nSPS) is 0. The molecular formula is H5O4V-3. The molecule has 0 heterocycles. The maximum atomic E-state index is 0. The van der Waals surface area contributed by atoms with Gasteiger partial charge in [-0.2, -0.15) is 0 Å². The smallest absolute Gasteiger partial charge is 0 e. The van der Waals surface area contributed by atoms with Gasteiger partial charge in [0.25, 0.3) is 0 Å². The molecule has 5 heavy (non-hydrogen) atoms. The van der Waals surface area contributed by atoms with Crippen LogP contribution in [0.3, 0.4) is 0 Å². The van der Waals surface area contributed by atoms with Crippen LogP contribution in [0.2, 0.25) is 0 Å². The van der Waals surface area contributed by atoms with Crippen LogP contribution in [0.15, 0.2) is 0 Å². The Bertz CT molecular complexity index is 3.61. The summed E-state index contributed by atoms with van der Waals surface area (Å²) in [6, 6.07) is 0. The molecule has 37 valence electrons. The largest absolute Gasteiger partial charge is 0.870 e. The van der Waals surface area contributed by atoms with Gasteiger partial charge in [0.15, 0.2) is 0 Å². The molecule has 0 amide bonds. The van der Waals surface area contributed by atoms with Crippen molar-refractivity contribution in [2.45, 2.75) is 0 Å². The fraction of sp³-hybridized carbons (Fsp3) is 0. The maximum absolute atomic E-state index is 0. The van der Waals surface area contributed by atoms with E-state index < -0.39 is 0 Å². The third-order valence-electron chi connectivity index (χ3n) is 0. The SMILES string of the molecule is O.[OH-].[OH-].[OH-].[V]. The van der Waals surface area contributed by atoms with E-state index in [-0.39, 0.29) is 40.5 Å². The molecule has 0 unspecified atom stereocenters. The van der Waals surface area contributed by atoms with Gasteiger partial charge < -0.3 is 21.9 Å². The van der Waals surface area contributed by atoms with Gasteiger partial charge >= 0.3 is 0 Å². The van der Waals surface area contributed by atoms with Crippen molar-refractivity contribution in [3.63, 3.8) is 0 Å².